The van der Waals surface area contributed by atoms with E-state index in [1.165, 1.54) is 18.6 Å². The summed E-state index contributed by atoms with van der Waals surface area (Å²) in [5, 5.41) is 10.8. The van der Waals surface area contributed by atoms with Gasteiger partial charge in [-0.2, -0.15) is 0 Å². The zero-order valence-corrected chi connectivity index (χ0v) is 12.8. The molecule has 1 aromatic rings. The van der Waals surface area contributed by atoms with Gasteiger partial charge >= 0.3 is 0 Å². The van der Waals surface area contributed by atoms with Crippen LogP contribution in [0.5, 0.6) is 0 Å². The topological polar surface area (TPSA) is 66.7 Å². The maximum absolute atomic E-state index is 12.5. The SMILES string of the molecule is CN1CCC2(CCN(C(=O)c3cccc([N+](=O)[O-])c3)CC2)C1. The van der Waals surface area contributed by atoms with Gasteiger partial charge in [0.05, 0.1) is 4.92 Å². The quantitative estimate of drug-likeness (QED) is 0.620. The molecular weight excluding hydrogens is 282 g/mol. The van der Waals surface area contributed by atoms with Gasteiger partial charge in [-0.3, -0.25) is 14.9 Å². The number of carbonyl (C=O) groups is 1. The van der Waals surface area contributed by atoms with E-state index in [4.69, 9.17) is 0 Å². The van der Waals surface area contributed by atoms with Gasteiger partial charge in [-0.05, 0) is 44.3 Å². The molecule has 1 spiro atoms. The van der Waals surface area contributed by atoms with E-state index in [0.29, 0.717) is 11.0 Å². The van der Waals surface area contributed by atoms with Crippen LogP contribution in [0.3, 0.4) is 0 Å². The van der Waals surface area contributed by atoms with E-state index >= 15 is 0 Å². The molecule has 1 amide bonds. The van der Waals surface area contributed by atoms with Gasteiger partial charge in [0.25, 0.3) is 11.6 Å². The van der Waals surface area contributed by atoms with E-state index < -0.39 is 4.92 Å². The molecule has 22 heavy (non-hydrogen) atoms. The highest BCUT2D eigenvalue weighted by Gasteiger charge is 2.40. The fraction of sp³-hybridized carbons (Fsp3) is 0.562. The fourth-order valence-corrected chi connectivity index (χ4v) is 3.69. The van der Waals surface area contributed by atoms with Crippen molar-refractivity contribution < 1.29 is 9.72 Å². The van der Waals surface area contributed by atoms with E-state index in [2.05, 4.69) is 11.9 Å². The highest BCUT2D eigenvalue weighted by atomic mass is 16.6. The Morgan fingerprint density at radius 3 is 2.50 bits per heavy atom. The number of nitrogens with zero attached hydrogens (tertiary/aromatic N) is 3. The fourth-order valence-electron chi connectivity index (χ4n) is 3.69. The minimum Gasteiger partial charge on any atom is -0.339 e. The second-order valence-electron chi connectivity index (χ2n) is 6.59. The van der Waals surface area contributed by atoms with Crippen LogP contribution in [0.15, 0.2) is 24.3 Å². The van der Waals surface area contributed by atoms with Crippen LogP contribution in [0, 0.1) is 15.5 Å². The lowest BCUT2D eigenvalue weighted by Gasteiger charge is -2.39. The van der Waals surface area contributed by atoms with Crippen molar-refractivity contribution in [2.24, 2.45) is 5.41 Å². The van der Waals surface area contributed by atoms with Gasteiger partial charge < -0.3 is 9.80 Å². The van der Waals surface area contributed by atoms with Gasteiger partial charge in [-0.25, -0.2) is 0 Å². The molecule has 2 aliphatic heterocycles. The summed E-state index contributed by atoms with van der Waals surface area (Å²) in [5.74, 6) is -0.0927. The molecule has 6 heteroatoms. The van der Waals surface area contributed by atoms with Crippen molar-refractivity contribution in [2.45, 2.75) is 19.3 Å². The Morgan fingerprint density at radius 1 is 1.23 bits per heavy atom. The highest BCUT2D eigenvalue weighted by molar-refractivity contribution is 5.94. The molecule has 118 valence electrons. The van der Waals surface area contributed by atoms with Gasteiger partial charge in [0, 0.05) is 37.3 Å². The number of nitro groups is 1. The van der Waals surface area contributed by atoms with Crippen LogP contribution < -0.4 is 0 Å². The van der Waals surface area contributed by atoms with Crippen molar-refractivity contribution in [2.75, 3.05) is 33.2 Å². The van der Waals surface area contributed by atoms with Crippen LogP contribution in [0.2, 0.25) is 0 Å². The predicted octanol–water partition coefficient (Wildman–Crippen LogP) is 2.15. The third-order valence-electron chi connectivity index (χ3n) is 5.04. The molecule has 0 radical (unpaired) electrons. The largest absolute Gasteiger partial charge is 0.339 e. The lowest BCUT2D eigenvalue weighted by molar-refractivity contribution is -0.384. The first-order valence-electron chi connectivity index (χ1n) is 7.71. The molecule has 0 saturated carbocycles. The number of carbonyl (C=O) groups excluding carboxylic acids is 1. The summed E-state index contributed by atoms with van der Waals surface area (Å²) in [6.45, 7) is 3.75. The Hall–Kier alpha value is -1.95. The third kappa shape index (κ3) is 2.83. The Morgan fingerprint density at radius 2 is 1.91 bits per heavy atom. The summed E-state index contributed by atoms with van der Waals surface area (Å²) >= 11 is 0. The van der Waals surface area contributed by atoms with Crippen LogP contribution in [0.25, 0.3) is 0 Å². The molecule has 0 atom stereocenters. The smallest absolute Gasteiger partial charge is 0.270 e. The van der Waals surface area contributed by atoms with Gasteiger partial charge in [0.2, 0.25) is 0 Å². The van der Waals surface area contributed by atoms with E-state index in [9.17, 15) is 14.9 Å². The monoisotopic (exact) mass is 303 g/mol. The third-order valence-corrected chi connectivity index (χ3v) is 5.04. The molecule has 0 aromatic heterocycles. The van der Waals surface area contributed by atoms with Crippen LogP contribution in [0.1, 0.15) is 29.6 Å². The van der Waals surface area contributed by atoms with Crippen molar-refractivity contribution in [3.05, 3.63) is 39.9 Å². The number of likely N-dealkylation sites (tertiary alicyclic amines) is 2. The summed E-state index contributed by atoms with van der Waals surface area (Å²) in [7, 11) is 2.15. The maximum Gasteiger partial charge on any atom is 0.270 e. The Kier molecular flexibility index (Phi) is 3.87. The predicted molar refractivity (Wildman–Crippen MR) is 82.8 cm³/mol. The average Bonchev–Trinajstić information content (AvgIpc) is 2.88. The zero-order chi connectivity index (χ0) is 15.7. The first-order valence-corrected chi connectivity index (χ1v) is 7.71. The maximum atomic E-state index is 12.5. The van der Waals surface area contributed by atoms with Gasteiger partial charge in [-0.15, -0.1) is 0 Å². The Bertz CT molecular complexity index is 594. The Balaban J connectivity index is 1.67. The number of nitro benzene ring substituents is 1. The molecule has 0 N–H and O–H groups in total. The van der Waals surface area contributed by atoms with Crippen LogP contribution >= 0.6 is 0 Å². The lowest BCUT2D eigenvalue weighted by Crippen LogP contribution is -2.44. The minimum atomic E-state index is -0.462. The Labute approximate surface area is 129 Å². The summed E-state index contributed by atoms with van der Waals surface area (Å²) in [6, 6.07) is 6.01. The molecular formula is C16H21N3O3. The summed E-state index contributed by atoms with van der Waals surface area (Å²) in [5.41, 5.74) is 0.749. The molecule has 2 fully saturated rings. The van der Waals surface area contributed by atoms with Gasteiger partial charge in [0.1, 0.15) is 0 Å². The van der Waals surface area contributed by atoms with Crippen molar-refractivity contribution in [1.82, 2.24) is 9.80 Å². The lowest BCUT2D eigenvalue weighted by atomic mass is 9.77. The van der Waals surface area contributed by atoms with E-state index in [0.717, 1.165) is 39.0 Å². The summed E-state index contributed by atoms with van der Waals surface area (Å²) in [6.07, 6.45) is 3.26. The number of non-ortho nitro benzene ring substituents is 1. The molecule has 0 bridgehead atoms. The molecule has 2 heterocycles. The molecule has 0 unspecified atom stereocenters. The second kappa shape index (κ2) is 5.68. The average molecular weight is 303 g/mol. The van der Waals surface area contributed by atoms with Crippen molar-refractivity contribution in [1.29, 1.82) is 0 Å². The number of hydrogen-bond donors (Lipinski definition) is 0. The normalized spacial score (nSPS) is 21.2. The van der Waals surface area contributed by atoms with Crippen LogP contribution in [-0.4, -0.2) is 53.9 Å². The number of amides is 1. The van der Waals surface area contributed by atoms with E-state index in [1.54, 1.807) is 12.1 Å². The van der Waals surface area contributed by atoms with Crippen LogP contribution in [-0.2, 0) is 0 Å². The summed E-state index contributed by atoms with van der Waals surface area (Å²) < 4.78 is 0. The molecule has 3 rings (SSSR count). The standard InChI is InChI=1S/C16H21N3O3/c1-17-8-5-16(12-17)6-9-18(10-7-16)15(20)13-3-2-4-14(11-13)19(21)22/h2-4,11H,5-10,12H2,1H3. The molecule has 2 saturated heterocycles. The molecule has 0 aliphatic carbocycles. The van der Waals surface area contributed by atoms with Crippen molar-refractivity contribution in [3.63, 3.8) is 0 Å². The number of piperidine rings is 1. The number of hydrogen-bond acceptors (Lipinski definition) is 4. The van der Waals surface area contributed by atoms with Gasteiger partial charge in [0.15, 0.2) is 0 Å². The van der Waals surface area contributed by atoms with Crippen LogP contribution in [0.4, 0.5) is 5.69 Å². The van der Waals surface area contributed by atoms with Crippen molar-refractivity contribution in [3.8, 4) is 0 Å². The number of benzene rings is 1. The first kappa shape index (κ1) is 15.0. The summed E-state index contributed by atoms with van der Waals surface area (Å²) in [4.78, 5) is 27.1. The van der Waals surface area contributed by atoms with Crippen molar-refractivity contribution >= 4 is 11.6 Å². The molecule has 2 aliphatic rings. The number of rotatable bonds is 2. The minimum absolute atomic E-state index is 0.0308. The molecule has 6 nitrogen and oxygen atoms in total. The van der Waals surface area contributed by atoms with E-state index in [1.807, 2.05) is 4.90 Å². The second-order valence-corrected chi connectivity index (χ2v) is 6.59. The van der Waals surface area contributed by atoms with E-state index in [-0.39, 0.29) is 11.6 Å². The molecule has 1 aromatic carbocycles. The first-order chi connectivity index (χ1) is 10.5. The van der Waals surface area contributed by atoms with Gasteiger partial charge in [-0.1, -0.05) is 6.07 Å². The highest BCUT2D eigenvalue weighted by Crippen LogP contribution is 2.40. The zero-order valence-electron chi connectivity index (χ0n) is 12.8.